The van der Waals surface area contributed by atoms with Crippen LogP contribution in [-0.4, -0.2) is 11.3 Å². The van der Waals surface area contributed by atoms with Crippen LogP contribution in [0.15, 0.2) is 12.3 Å². The Labute approximate surface area is 120 Å². The van der Waals surface area contributed by atoms with E-state index in [4.69, 9.17) is 0 Å². The highest BCUT2D eigenvalue weighted by Gasteiger charge is 2.43. The van der Waals surface area contributed by atoms with E-state index in [1.165, 1.54) is 0 Å². The monoisotopic (exact) mass is 267 g/mol. The number of allylic oxidation sites excluding steroid dienone is 1. The summed E-state index contributed by atoms with van der Waals surface area (Å²) in [7, 11) is 0. The first kappa shape index (κ1) is 18.2. The Morgan fingerprint density at radius 1 is 1.11 bits per heavy atom. The smallest absolute Gasteiger partial charge is 0.144 e. The molecule has 0 saturated heterocycles. The van der Waals surface area contributed by atoms with Gasteiger partial charge in [0.15, 0.2) is 0 Å². The molecular weight excluding hydrogens is 234 g/mol. The highest BCUT2D eigenvalue weighted by molar-refractivity contribution is 5.89. The Morgan fingerprint density at radius 2 is 1.53 bits per heavy atom. The molecule has 0 aliphatic carbocycles. The predicted octanol–water partition coefficient (Wildman–Crippen LogP) is 4.56. The lowest BCUT2D eigenvalue weighted by Crippen LogP contribution is -2.47. The van der Waals surface area contributed by atoms with Crippen molar-refractivity contribution >= 4 is 5.78 Å². The molecule has 0 aliphatic rings. The van der Waals surface area contributed by atoms with E-state index in [2.05, 4.69) is 67.3 Å². The number of nitrogens with one attached hydrogen (secondary N) is 1. The number of hydrogen-bond acceptors (Lipinski definition) is 2. The number of hydrogen-bond donors (Lipinski definition) is 1. The minimum Gasteiger partial charge on any atom is -0.384 e. The van der Waals surface area contributed by atoms with Gasteiger partial charge in [-0.3, -0.25) is 4.79 Å². The lowest BCUT2D eigenvalue weighted by atomic mass is 9.65. The summed E-state index contributed by atoms with van der Waals surface area (Å²) < 4.78 is 0. The van der Waals surface area contributed by atoms with E-state index in [1.807, 2.05) is 6.92 Å². The van der Waals surface area contributed by atoms with Crippen LogP contribution < -0.4 is 5.32 Å². The second-order valence-corrected chi connectivity index (χ2v) is 8.06. The van der Waals surface area contributed by atoms with Crippen molar-refractivity contribution in [3.8, 4) is 0 Å². The summed E-state index contributed by atoms with van der Waals surface area (Å²) in [5.41, 5.74) is 0.178. The lowest BCUT2D eigenvalue weighted by Gasteiger charge is -2.41. The zero-order valence-electron chi connectivity index (χ0n) is 14.4. The average Bonchev–Trinajstić information content (AvgIpc) is 2.11. The largest absolute Gasteiger partial charge is 0.384 e. The van der Waals surface area contributed by atoms with Crippen LogP contribution in [0, 0.1) is 16.7 Å². The molecule has 0 saturated carbocycles. The average molecular weight is 267 g/mol. The van der Waals surface area contributed by atoms with Gasteiger partial charge in [-0.05, 0) is 33.1 Å². The van der Waals surface area contributed by atoms with Gasteiger partial charge in [0.25, 0.3) is 0 Å². The second kappa shape index (κ2) is 5.68. The minimum atomic E-state index is -0.347. The molecule has 0 heterocycles. The normalized spacial score (nSPS) is 13.6. The Morgan fingerprint density at radius 3 is 1.84 bits per heavy atom. The number of carbonyl (C=O) groups excluding carboxylic acids is 1. The molecule has 0 bridgehead atoms. The summed E-state index contributed by atoms with van der Waals surface area (Å²) in [6, 6.07) is 0. The van der Waals surface area contributed by atoms with Crippen LogP contribution >= 0.6 is 0 Å². The van der Waals surface area contributed by atoms with Crippen molar-refractivity contribution in [1.82, 2.24) is 5.32 Å². The molecule has 112 valence electrons. The van der Waals surface area contributed by atoms with Crippen molar-refractivity contribution in [3.05, 3.63) is 12.3 Å². The van der Waals surface area contributed by atoms with Crippen LogP contribution in [-0.2, 0) is 4.79 Å². The highest BCUT2D eigenvalue weighted by atomic mass is 16.1. The van der Waals surface area contributed by atoms with E-state index < -0.39 is 0 Å². The van der Waals surface area contributed by atoms with Crippen LogP contribution in [0.2, 0.25) is 0 Å². The predicted molar refractivity (Wildman–Crippen MR) is 84.1 cm³/mol. The minimum absolute atomic E-state index is 0.127. The zero-order valence-corrected chi connectivity index (χ0v) is 14.4. The lowest BCUT2D eigenvalue weighted by molar-refractivity contribution is -0.139. The van der Waals surface area contributed by atoms with E-state index in [0.717, 1.165) is 12.1 Å². The summed E-state index contributed by atoms with van der Waals surface area (Å²) in [5.74, 6) is 0.683. The molecule has 0 atom stereocenters. The summed E-state index contributed by atoms with van der Waals surface area (Å²) in [6.45, 7) is 22.6. The third-order valence-corrected chi connectivity index (χ3v) is 4.08. The van der Waals surface area contributed by atoms with E-state index in [9.17, 15) is 4.79 Å². The van der Waals surface area contributed by atoms with Crippen LogP contribution in [0.3, 0.4) is 0 Å². The Hall–Kier alpha value is -0.790. The molecule has 2 nitrogen and oxygen atoms in total. The Balaban J connectivity index is 5.09. The number of ketones is 1. The molecule has 0 aromatic heterocycles. The van der Waals surface area contributed by atoms with Gasteiger partial charge in [0, 0.05) is 22.1 Å². The molecule has 1 N–H and O–H groups in total. The van der Waals surface area contributed by atoms with Gasteiger partial charge in [-0.15, -0.1) is 0 Å². The second-order valence-electron chi connectivity index (χ2n) is 8.06. The molecule has 0 rings (SSSR count). The van der Waals surface area contributed by atoms with Crippen LogP contribution in [0.4, 0.5) is 0 Å². The molecule has 0 aliphatic heterocycles. The van der Waals surface area contributed by atoms with Crippen LogP contribution in [0.5, 0.6) is 0 Å². The standard InChI is InChI=1S/C17H33NO/c1-12(2)17(9,10)14(19)15(5,6)11-16(7,8)18-13(3)4/h12,18H,3,11H2,1-2,4-10H3. The van der Waals surface area contributed by atoms with Crippen molar-refractivity contribution < 1.29 is 4.79 Å². The molecule has 0 fully saturated rings. The van der Waals surface area contributed by atoms with Gasteiger partial charge in [-0.25, -0.2) is 0 Å². The van der Waals surface area contributed by atoms with Crippen molar-refractivity contribution in [3.63, 3.8) is 0 Å². The van der Waals surface area contributed by atoms with Gasteiger partial charge in [0.05, 0.1) is 0 Å². The maximum atomic E-state index is 12.8. The molecule has 0 aromatic carbocycles. The van der Waals surface area contributed by atoms with Crippen molar-refractivity contribution in [2.75, 3.05) is 0 Å². The fourth-order valence-corrected chi connectivity index (χ4v) is 2.94. The molecule has 2 heteroatoms. The number of Topliss-reactive ketones (excluding diaryl/α,β-unsaturated/α-hetero) is 1. The Kier molecular flexibility index (Phi) is 5.45. The first-order valence-electron chi connectivity index (χ1n) is 7.21. The maximum Gasteiger partial charge on any atom is 0.144 e. The summed E-state index contributed by atoms with van der Waals surface area (Å²) in [5, 5.41) is 3.36. The van der Waals surface area contributed by atoms with Gasteiger partial charge in [-0.1, -0.05) is 48.1 Å². The van der Waals surface area contributed by atoms with Gasteiger partial charge in [0.2, 0.25) is 0 Å². The van der Waals surface area contributed by atoms with E-state index in [0.29, 0.717) is 11.7 Å². The van der Waals surface area contributed by atoms with E-state index in [1.54, 1.807) is 0 Å². The summed E-state index contributed by atoms with van der Waals surface area (Å²) in [6.07, 6.45) is 0.793. The van der Waals surface area contributed by atoms with Gasteiger partial charge >= 0.3 is 0 Å². The number of carbonyl (C=O) groups is 1. The fourth-order valence-electron chi connectivity index (χ4n) is 2.94. The van der Waals surface area contributed by atoms with Gasteiger partial charge in [-0.2, -0.15) is 0 Å². The van der Waals surface area contributed by atoms with Crippen LogP contribution in [0.1, 0.15) is 68.7 Å². The molecule has 0 radical (unpaired) electrons. The van der Waals surface area contributed by atoms with Crippen molar-refractivity contribution in [2.45, 2.75) is 74.3 Å². The summed E-state index contributed by atoms with van der Waals surface area (Å²) in [4.78, 5) is 12.8. The Bertz CT molecular complexity index is 348. The number of rotatable bonds is 7. The fraction of sp³-hybridized carbons (Fsp3) is 0.824. The first-order valence-corrected chi connectivity index (χ1v) is 7.21. The maximum absolute atomic E-state index is 12.8. The SMILES string of the molecule is C=C(C)NC(C)(C)CC(C)(C)C(=O)C(C)(C)C(C)C. The van der Waals surface area contributed by atoms with Gasteiger partial charge < -0.3 is 5.32 Å². The van der Waals surface area contributed by atoms with Crippen molar-refractivity contribution in [2.24, 2.45) is 16.7 Å². The first-order chi connectivity index (χ1) is 8.22. The third kappa shape index (κ3) is 5.00. The van der Waals surface area contributed by atoms with E-state index >= 15 is 0 Å². The van der Waals surface area contributed by atoms with E-state index in [-0.39, 0.29) is 16.4 Å². The zero-order chi connectivity index (χ0) is 15.6. The quantitative estimate of drug-likeness (QED) is 0.733. The topological polar surface area (TPSA) is 29.1 Å². The molecule has 0 spiro atoms. The molecule has 0 amide bonds. The third-order valence-electron chi connectivity index (χ3n) is 4.08. The van der Waals surface area contributed by atoms with Crippen molar-refractivity contribution in [1.29, 1.82) is 0 Å². The summed E-state index contributed by atoms with van der Waals surface area (Å²) >= 11 is 0. The van der Waals surface area contributed by atoms with Gasteiger partial charge in [0.1, 0.15) is 5.78 Å². The molecule has 0 aromatic rings. The molecular formula is C17H33NO. The highest BCUT2D eigenvalue weighted by Crippen LogP contribution is 2.39. The molecule has 0 unspecified atom stereocenters. The van der Waals surface area contributed by atoms with Crippen LogP contribution in [0.25, 0.3) is 0 Å². The molecule has 19 heavy (non-hydrogen) atoms.